The first kappa shape index (κ1) is 16.0. The van der Waals surface area contributed by atoms with Crippen molar-refractivity contribution < 1.29 is 31.4 Å². The first-order chi connectivity index (χ1) is 8.13. The van der Waals surface area contributed by atoms with Gasteiger partial charge in [-0.25, -0.2) is 4.39 Å². The maximum Gasteiger partial charge on any atom is 0.144 e. The quantitative estimate of drug-likeness (QED) is 0.733. The molecule has 18 heavy (non-hydrogen) atoms. The van der Waals surface area contributed by atoms with E-state index in [9.17, 15) is 4.39 Å². The standard InChI is InChI=1S/C7H4FNO.C6H5O.Co/c8-7-3-6(10)2-1-5(7)4-9;7-6-4-2-1-3-5-6;/h1-3,10H;2-5,7H;/q;-1;. The number of rotatable bonds is 0. The minimum Gasteiger partial charge on any atom is -0.533 e. The van der Waals surface area contributed by atoms with Crippen molar-refractivity contribution in [3.63, 3.8) is 0 Å². The summed E-state index contributed by atoms with van der Waals surface area (Å²) in [6.07, 6.45) is 0. The third kappa shape index (κ3) is 5.34. The van der Waals surface area contributed by atoms with Gasteiger partial charge in [-0.05, 0) is 12.1 Å². The molecule has 5 heteroatoms. The summed E-state index contributed by atoms with van der Waals surface area (Å²) in [7, 11) is 0. The Morgan fingerprint density at radius 1 is 1.06 bits per heavy atom. The Morgan fingerprint density at radius 3 is 2.06 bits per heavy atom. The Labute approximate surface area is 114 Å². The molecule has 2 aromatic carbocycles. The van der Waals surface area contributed by atoms with Crippen molar-refractivity contribution in [1.82, 2.24) is 0 Å². The number of aromatic hydroxyl groups is 2. The van der Waals surface area contributed by atoms with Crippen LogP contribution < -0.4 is 0 Å². The summed E-state index contributed by atoms with van der Waals surface area (Å²) in [6, 6.07) is 14.3. The van der Waals surface area contributed by atoms with Crippen LogP contribution in [0.4, 0.5) is 4.39 Å². The van der Waals surface area contributed by atoms with Crippen molar-refractivity contribution in [3.05, 3.63) is 59.9 Å². The minimum atomic E-state index is -0.692. The van der Waals surface area contributed by atoms with E-state index in [0.29, 0.717) is 5.75 Å². The Kier molecular flexibility index (Phi) is 7.20. The SMILES string of the molecule is N#Cc1ccc(O)cc1F.Oc1cc[c-]cc1.[Co]. The van der Waals surface area contributed by atoms with E-state index in [1.165, 1.54) is 12.1 Å². The molecule has 0 aliphatic heterocycles. The first-order valence-corrected chi connectivity index (χ1v) is 4.67. The fraction of sp³-hybridized carbons (Fsp3) is 0. The summed E-state index contributed by atoms with van der Waals surface area (Å²) in [5.74, 6) is -0.572. The Bertz CT molecular complexity index is 526. The van der Waals surface area contributed by atoms with E-state index in [0.717, 1.165) is 6.07 Å². The van der Waals surface area contributed by atoms with E-state index in [1.807, 2.05) is 0 Å². The molecule has 0 aliphatic rings. The zero-order valence-corrected chi connectivity index (χ0v) is 10.1. The first-order valence-electron chi connectivity index (χ1n) is 4.67. The molecule has 0 aromatic heterocycles. The second-order valence-electron chi connectivity index (χ2n) is 3.03. The van der Waals surface area contributed by atoms with Gasteiger partial charge in [-0.2, -0.15) is 23.5 Å². The van der Waals surface area contributed by atoms with Gasteiger partial charge >= 0.3 is 0 Å². The van der Waals surface area contributed by atoms with Gasteiger partial charge in [-0.3, -0.25) is 0 Å². The van der Waals surface area contributed by atoms with Gasteiger partial charge in [0.25, 0.3) is 0 Å². The van der Waals surface area contributed by atoms with Gasteiger partial charge in [-0.15, -0.1) is 12.1 Å². The van der Waals surface area contributed by atoms with Crippen LogP contribution in [-0.4, -0.2) is 10.2 Å². The molecule has 0 spiro atoms. The molecular weight excluding hydrogens is 280 g/mol. The molecule has 0 aliphatic carbocycles. The summed E-state index contributed by atoms with van der Waals surface area (Å²) in [5, 5.41) is 25.5. The average Bonchev–Trinajstić information content (AvgIpc) is 2.31. The number of hydrogen-bond acceptors (Lipinski definition) is 3. The summed E-state index contributed by atoms with van der Waals surface area (Å²) in [6.45, 7) is 0. The Hall–Kier alpha value is -2.03. The van der Waals surface area contributed by atoms with Crippen LogP contribution in [0.15, 0.2) is 42.5 Å². The van der Waals surface area contributed by atoms with Gasteiger partial charge in [0.1, 0.15) is 17.6 Å². The van der Waals surface area contributed by atoms with Crippen LogP contribution in [0.3, 0.4) is 0 Å². The van der Waals surface area contributed by atoms with Crippen molar-refractivity contribution in [3.8, 4) is 17.6 Å². The second kappa shape index (κ2) is 8.12. The molecule has 0 unspecified atom stereocenters. The maximum atomic E-state index is 12.5. The summed E-state index contributed by atoms with van der Waals surface area (Å²) in [5.41, 5.74) is -0.0576. The average molecular weight is 289 g/mol. The molecule has 2 N–H and O–H groups in total. The number of nitrogens with zero attached hydrogens (tertiary/aromatic N) is 1. The van der Waals surface area contributed by atoms with Crippen molar-refractivity contribution in [1.29, 1.82) is 5.26 Å². The van der Waals surface area contributed by atoms with Crippen LogP contribution in [-0.2, 0) is 16.8 Å². The van der Waals surface area contributed by atoms with Gasteiger partial charge in [0, 0.05) is 28.6 Å². The van der Waals surface area contributed by atoms with Gasteiger partial charge in [0.15, 0.2) is 0 Å². The van der Waals surface area contributed by atoms with E-state index >= 15 is 0 Å². The second-order valence-corrected chi connectivity index (χ2v) is 3.03. The number of hydrogen-bond donors (Lipinski definition) is 2. The van der Waals surface area contributed by atoms with E-state index in [-0.39, 0.29) is 28.1 Å². The zero-order valence-electron chi connectivity index (χ0n) is 9.09. The topological polar surface area (TPSA) is 64.2 Å². The molecule has 2 aromatic rings. The Balaban J connectivity index is 0.000000321. The van der Waals surface area contributed by atoms with Crippen molar-refractivity contribution in [2.45, 2.75) is 0 Å². The van der Waals surface area contributed by atoms with E-state index in [1.54, 1.807) is 30.3 Å². The molecule has 0 amide bonds. The predicted octanol–water partition coefficient (Wildman–Crippen LogP) is 2.59. The fourth-order valence-electron chi connectivity index (χ4n) is 0.973. The summed E-state index contributed by atoms with van der Waals surface area (Å²) < 4.78 is 12.5. The third-order valence-electron chi connectivity index (χ3n) is 1.77. The Morgan fingerprint density at radius 2 is 1.67 bits per heavy atom. The van der Waals surface area contributed by atoms with Gasteiger partial charge in [0.05, 0.1) is 5.56 Å². The van der Waals surface area contributed by atoms with Crippen LogP contribution in [0.2, 0.25) is 0 Å². The molecule has 3 nitrogen and oxygen atoms in total. The number of nitriles is 1. The van der Waals surface area contributed by atoms with Crippen LogP contribution in [0.1, 0.15) is 5.56 Å². The number of benzene rings is 2. The van der Waals surface area contributed by atoms with E-state index < -0.39 is 5.82 Å². The third-order valence-corrected chi connectivity index (χ3v) is 1.77. The molecule has 0 heterocycles. The molecule has 95 valence electrons. The van der Waals surface area contributed by atoms with Crippen molar-refractivity contribution in [2.75, 3.05) is 0 Å². The van der Waals surface area contributed by atoms with Gasteiger partial charge in [0.2, 0.25) is 0 Å². The molecular formula is C13H9CoFNO2-. The molecule has 0 fully saturated rings. The van der Waals surface area contributed by atoms with Gasteiger partial charge < -0.3 is 10.2 Å². The van der Waals surface area contributed by atoms with Gasteiger partial charge in [-0.1, -0.05) is 0 Å². The predicted molar refractivity (Wildman–Crippen MR) is 59.7 cm³/mol. The zero-order chi connectivity index (χ0) is 12.7. The largest absolute Gasteiger partial charge is 0.533 e. The maximum absolute atomic E-state index is 12.5. The summed E-state index contributed by atoms with van der Waals surface area (Å²) >= 11 is 0. The van der Waals surface area contributed by atoms with E-state index in [4.69, 9.17) is 15.5 Å². The molecule has 0 saturated carbocycles. The monoisotopic (exact) mass is 289 g/mol. The van der Waals surface area contributed by atoms with Crippen LogP contribution in [0.25, 0.3) is 0 Å². The molecule has 1 radical (unpaired) electrons. The molecule has 0 saturated heterocycles. The van der Waals surface area contributed by atoms with E-state index in [2.05, 4.69) is 6.07 Å². The van der Waals surface area contributed by atoms with Crippen LogP contribution in [0, 0.1) is 23.2 Å². The molecule has 2 rings (SSSR count). The number of phenols is 2. The molecule has 0 bridgehead atoms. The fourth-order valence-corrected chi connectivity index (χ4v) is 0.973. The molecule has 0 atom stereocenters. The smallest absolute Gasteiger partial charge is 0.144 e. The summed E-state index contributed by atoms with van der Waals surface area (Å²) in [4.78, 5) is 0. The van der Waals surface area contributed by atoms with Crippen molar-refractivity contribution in [2.24, 2.45) is 0 Å². The minimum absolute atomic E-state index is 0. The normalized spacial score (nSPS) is 8.22. The van der Waals surface area contributed by atoms with Crippen LogP contribution in [0.5, 0.6) is 11.5 Å². The van der Waals surface area contributed by atoms with Crippen LogP contribution >= 0.6 is 0 Å². The number of halogens is 1. The number of phenolic OH excluding ortho intramolecular Hbond substituents is 2. The van der Waals surface area contributed by atoms with Crippen molar-refractivity contribution >= 4 is 0 Å².